The van der Waals surface area contributed by atoms with E-state index in [0.717, 1.165) is 16.7 Å². The molecule has 1 aromatic carbocycles. The van der Waals surface area contributed by atoms with E-state index in [4.69, 9.17) is 21.6 Å². The Morgan fingerprint density at radius 1 is 1.13 bits per heavy atom. The van der Waals surface area contributed by atoms with E-state index in [0.29, 0.717) is 18.9 Å². The van der Waals surface area contributed by atoms with Gasteiger partial charge in [0, 0.05) is 31.4 Å². The second kappa shape index (κ2) is 8.67. The van der Waals surface area contributed by atoms with Gasteiger partial charge in [-0.3, -0.25) is 13.8 Å². The molecule has 6 rings (SSSR count). The van der Waals surface area contributed by atoms with Crippen LogP contribution in [0.2, 0.25) is 5.02 Å². The van der Waals surface area contributed by atoms with Crippen LogP contribution in [-0.2, 0) is 0 Å². The van der Waals surface area contributed by atoms with Gasteiger partial charge in [0.2, 0.25) is 5.88 Å². The van der Waals surface area contributed by atoms with Crippen LogP contribution in [0.1, 0.15) is 0 Å². The van der Waals surface area contributed by atoms with E-state index in [2.05, 4.69) is 16.0 Å². The summed E-state index contributed by atoms with van der Waals surface area (Å²) < 4.78 is 36.7. The molecule has 0 bridgehead atoms. The number of rotatable bonds is 4. The molecule has 0 saturated carbocycles. The molecule has 1 aliphatic rings. The lowest BCUT2D eigenvalue weighted by Gasteiger charge is -2.36. The molecule has 0 unspecified atom stereocenters. The van der Waals surface area contributed by atoms with Gasteiger partial charge in [0.1, 0.15) is 34.3 Å². The minimum Gasteiger partial charge on any atom is -0.480 e. The number of hydrogen-bond acceptors (Lipinski definition) is 7. The molecule has 5 heterocycles. The number of nitriles is 1. The average molecular weight is 536 g/mol. The summed E-state index contributed by atoms with van der Waals surface area (Å²) in [6.07, 6.45) is 2.61. The van der Waals surface area contributed by atoms with Crippen molar-refractivity contribution in [1.82, 2.24) is 23.5 Å². The molecule has 4 aromatic heterocycles. The summed E-state index contributed by atoms with van der Waals surface area (Å²) in [6, 6.07) is 9.76. The zero-order valence-electron chi connectivity index (χ0n) is 19.6. The van der Waals surface area contributed by atoms with Crippen molar-refractivity contribution in [2.75, 3.05) is 25.1 Å². The standard InChI is InChI=1S/C25H16ClF2N7O3/c1-38-23-22-18(8-20(31-23)32-11-13(9-29)12-32)34(15-2-3-17(28)16(26)7-15)25(37)35(24(22)36)21-10-30-19-6-14(27)4-5-33(19)21/h2-8,10,13H,11-12H2,1H3. The van der Waals surface area contributed by atoms with E-state index in [1.807, 2.05) is 4.90 Å². The van der Waals surface area contributed by atoms with Crippen LogP contribution in [0.3, 0.4) is 0 Å². The Kier molecular flexibility index (Phi) is 5.39. The molecule has 1 saturated heterocycles. The summed E-state index contributed by atoms with van der Waals surface area (Å²) in [5.41, 5.74) is -1.07. The van der Waals surface area contributed by atoms with Crippen LogP contribution in [0.5, 0.6) is 5.88 Å². The van der Waals surface area contributed by atoms with Gasteiger partial charge in [0.15, 0.2) is 0 Å². The van der Waals surface area contributed by atoms with Gasteiger partial charge in [-0.25, -0.2) is 23.1 Å². The van der Waals surface area contributed by atoms with Crippen molar-refractivity contribution in [2.45, 2.75) is 0 Å². The SMILES string of the molecule is COc1nc(N2CC(C#N)C2)cc2c1c(=O)n(-c1cnc3cc(F)ccn13)c(=O)n2-c1ccc(F)c(Cl)c1. The number of ether oxygens (including phenoxy) is 1. The molecule has 190 valence electrons. The summed E-state index contributed by atoms with van der Waals surface area (Å²) in [7, 11) is 1.34. The molecule has 0 N–H and O–H groups in total. The van der Waals surface area contributed by atoms with Gasteiger partial charge in [0.25, 0.3) is 5.56 Å². The quantitative estimate of drug-likeness (QED) is 0.348. The Morgan fingerprint density at radius 2 is 1.92 bits per heavy atom. The summed E-state index contributed by atoms with van der Waals surface area (Å²) in [5.74, 6) is -1.02. The average Bonchev–Trinajstić information content (AvgIpc) is 3.27. The molecule has 0 atom stereocenters. The molecule has 0 aliphatic carbocycles. The lowest BCUT2D eigenvalue weighted by Crippen LogP contribution is -2.46. The minimum atomic E-state index is -0.811. The monoisotopic (exact) mass is 535 g/mol. The van der Waals surface area contributed by atoms with Crippen LogP contribution in [0, 0.1) is 28.9 Å². The van der Waals surface area contributed by atoms with Crippen LogP contribution < -0.4 is 20.9 Å². The zero-order chi connectivity index (χ0) is 26.7. The largest absolute Gasteiger partial charge is 0.480 e. The van der Waals surface area contributed by atoms with Crippen molar-refractivity contribution in [3.8, 4) is 23.5 Å². The normalized spacial score (nSPS) is 13.6. The maximum absolute atomic E-state index is 14.0. The maximum Gasteiger partial charge on any atom is 0.342 e. The fourth-order valence-corrected chi connectivity index (χ4v) is 4.69. The van der Waals surface area contributed by atoms with E-state index in [-0.39, 0.29) is 44.9 Å². The van der Waals surface area contributed by atoms with Crippen LogP contribution in [0.15, 0.2) is 58.4 Å². The third-order valence-corrected chi connectivity index (χ3v) is 6.71. The number of nitrogens with zero attached hydrogens (tertiary/aromatic N) is 7. The first-order chi connectivity index (χ1) is 18.3. The number of fused-ring (bicyclic) bond motifs is 2. The van der Waals surface area contributed by atoms with Gasteiger partial charge in [-0.05, 0) is 24.3 Å². The number of methoxy groups -OCH3 is 1. The fourth-order valence-electron chi connectivity index (χ4n) is 4.52. The zero-order valence-corrected chi connectivity index (χ0v) is 20.4. The molecule has 13 heteroatoms. The highest BCUT2D eigenvalue weighted by molar-refractivity contribution is 6.30. The minimum absolute atomic E-state index is 0.0364. The molecule has 10 nitrogen and oxygen atoms in total. The van der Waals surface area contributed by atoms with Crippen molar-refractivity contribution >= 4 is 34.0 Å². The smallest absolute Gasteiger partial charge is 0.342 e. The summed E-state index contributed by atoms with van der Waals surface area (Å²) in [6.45, 7) is 0.834. The third-order valence-electron chi connectivity index (χ3n) is 6.42. The Bertz CT molecular complexity index is 1940. The highest BCUT2D eigenvalue weighted by Gasteiger charge is 2.30. The van der Waals surface area contributed by atoms with Crippen molar-refractivity contribution in [2.24, 2.45) is 5.92 Å². The van der Waals surface area contributed by atoms with E-state index in [1.54, 1.807) is 6.07 Å². The number of anilines is 1. The number of pyridine rings is 2. The first kappa shape index (κ1) is 23.6. The van der Waals surface area contributed by atoms with Gasteiger partial charge >= 0.3 is 5.69 Å². The van der Waals surface area contributed by atoms with Crippen molar-refractivity contribution in [3.63, 3.8) is 0 Å². The maximum atomic E-state index is 14.0. The summed E-state index contributed by atoms with van der Waals surface area (Å²) in [5, 5.41) is 8.90. The van der Waals surface area contributed by atoms with Crippen LogP contribution in [0.4, 0.5) is 14.6 Å². The van der Waals surface area contributed by atoms with E-state index >= 15 is 0 Å². The Hall–Kier alpha value is -4.76. The summed E-state index contributed by atoms with van der Waals surface area (Å²) >= 11 is 6.05. The Balaban J connectivity index is 1.72. The highest BCUT2D eigenvalue weighted by Crippen LogP contribution is 2.31. The number of imidazole rings is 1. The Morgan fingerprint density at radius 3 is 2.63 bits per heavy atom. The molecule has 0 amide bonds. The van der Waals surface area contributed by atoms with Crippen LogP contribution in [-0.4, -0.2) is 43.7 Å². The van der Waals surface area contributed by atoms with Crippen molar-refractivity contribution < 1.29 is 13.5 Å². The summed E-state index contributed by atoms with van der Waals surface area (Å²) in [4.78, 5) is 38.3. The molecule has 38 heavy (non-hydrogen) atoms. The molecule has 0 spiro atoms. The molecule has 0 radical (unpaired) electrons. The second-order valence-corrected chi connectivity index (χ2v) is 9.07. The lowest BCUT2D eigenvalue weighted by atomic mass is 10.0. The van der Waals surface area contributed by atoms with Crippen molar-refractivity contribution in [3.05, 3.63) is 86.3 Å². The molecular formula is C25H16ClF2N7O3. The Labute approximate surface area is 217 Å². The third kappa shape index (κ3) is 3.51. The lowest BCUT2D eigenvalue weighted by molar-refractivity contribution is 0.400. The molecule has 1 fully saturated rings. The first-order valence-corrected chi connectivity index (χ1v) is 11.7. The van der Waals surface area contributed by atoms with Gasteiger partial charge in [0.05, 0.1) is 41.5 Å². The van der Waals surface area contributed by atoms with Gasteiger partial charge in [-0.2, -0.15) is 10.2 Å². The van der Waals surface area contributed by atoms with Gasteiger partial charge < -0.3 is 9.64 Å². The van der Waals surface area contributed by atoms with E-state index in [9.17, 15) is 18.4 Å². The van der Waals surface area contributed by atoms with E-state index < -0.39 is 22.9 Å². The molecule has 1 aliphatic heterocycles. The van der Waals surface area contributed by atoms with Crippen LogP contribution in [0.25, 0.3) is 28.1 Å². The van der Waals surface area contributed by atoms with E-state index in [1.165, 1.54) is 46.7 Å². The topological polar surface area (TPSA) is 110 Å². The number of halogens is 3. The number of hydrogen-bond donors (Lipinski definition) is 0. The van der Waals surface area contributed by atoms with Gasteiger partial charge in [-0.1, -0.05) is 11.6 Å². The highest BCUT2D eigenvalue weighted by atomic mass is 35.5. The number of benzene rings is 1. The fraction of sp³-hybridized carbons (Fsp3) is 0.160. The predicted octanol–water partition coefficient (Wildman–Crippen LogP) is 3.08. The van der Waals surface area contributed by atoms with Gasteiger partial charge in [-0.15, -0.1) is 0 Å². The number of aromatic nitrogens is 5. The predicted molar refractivity (Wildman–Crippen MR) is 134 cm³/mol. The molecular weight excluding hydrogens is 520 g/mol. The molecule has 5 aromatic rings. The second-order valence-electron chi connectivity index (χ2n) is 8.66. The van der Waals surface area contributed by atoms with Crippen molar-refractivity contribution in [1.29, 1.82) is 5.26 Å². The van der Waals surface area contributed by atoms with Crippen LogP contribution >= 0.6 is 11.6 Å². The first-order valence-electron chi connectivity index (χ1n) is 11.3.